The van der Waals surface area contributed by atoms with E-state index in [0.717, 1.165) is 48.2 Å². The molecule has 1 atom stereocenters. The smallest absolute Gasteiger partial charge is 0.185 e. The minimum Gasteiger partial charge on any atom is -0.391 e. The molecule has 6 heteroatoms. The van der Waals surface area contributed by atoms with Crippen molar-refractivity contribution in [2.24, 2.45) is 0 Å². The highest BCUT2D eigenvalue weighted by Crippen LogP contribution is 2.32. The number of rotatable bonds is 11. The number of nitrogens with zero attached hydrogens (tertiary/aromatic N) is 2. The highest BCUT2D eigenvalue weighted by atomic mass is 32.1. The Kier molecular flexibility index (Phi) is 8.84. The van der Waals surface area contributed by atoms with E-state index in [2.05, 4.69) is 18.7 Å². The summed E-state index contributed by atoms with van der Waals surface area (Å²) in [4.78, 5) is 7.97. The number of aliphatic hydroxyl groups is 1. The molecule has 1 unspecified atom stereocenters. The van der Waals surface area contributed by atoms with Crippen molar-refractivity contribution in [2.75, 3.05) is 45.4 Å². The van der Waals surface area contributed by atoms with E-state index in [9.17, 15) is 5.11 Å². The fraction of sp³-hybridized carbons (Fsp3) is 0.800. The number of thiazole rings is 1. The second kappa shape index (κ2) is 10.1. The Hall–Kier alpha value is -0.690. The summed E-state index contributed by atoms with van der Waals surface area (Å²) in [5.74, 6) is 0.375. The molecule has 1 aromatic heterocycles. The molecule has 5 nitrogen and oxygen atoms in total. The fourth-order valence-corrected chi connectivity index (χ4v) is 3.17. The SMILES string of the molecule is CCC(C)c1nc(N(CCCOC)CCOC)sc1CO. The van der Waals surface area contributed by atoms with Crippen LogP contribution in [-0.4, -0.2) is 50.6 Å². The van der Waals surface area contributed by atoms with E-state index in [1.807, 2.05) is 0 Å². The van der Waals surface area contributed by atoms with Crippen LogP contribution in [0.5, 0.6) is 0 Å². The largest absolute Gasteiger partial charge is 0.391 e. The van der Waals surface area contributed by atoms with Gasteiger partial charge in [0.2, 0.25) is 0 Å². The molecule has 0 amide bonds. The van der Waals surface area contributed by atoms with Gasteiger partial charge in [-0.15, -0.1) is 0 Å². The Morgan fingerprint density at radius 1 is 1.24 bits per heavy atom. The topological polar surface area (TPSA) is 54.8 Å². The molecule has 0 aliphatic heterocycles. The van der Waals surface area contributed by atoms with E-state index < -0.39 is 0 Å². The highest BCUT2D eigenvalue weighted by molar-refractivity contribution is 7.15. The number of hydrogen-bond acceptors (Lipinski definition) is 6. The molecule has 1 rings (SSSR count). The third kappa shape index (κ3) is 5.54. The highest BCUT2D eigenvalue weighted by Gasteiger charge is 2.18. The molecular weight excluding hydrogens is 288 g/mol. The van der Waals surface area contributed by atoms with Gasteiger partial charge >= 0.3 is 0 Å². The van der Waals surface area contributed by atoms with Crippen molar-refractivity contribution in [3.8, 4) is 0 Å². The summed E-state index contributed by atoms with van der Waals surface area (Å²) in [5.41, 5.74) is 1.04. The first-order valence-electron chi connectivity index (χ1n) is 7.51. The molecule has 0 fully saturated rings. The summed E-state index contributed by atoms with van der Waals surface area (Å²) in [5, 5.41) is 10.5. The van der Waals surface area contributed by atoms with Crippen LogP contribution < -0.4 is 4.90 Å². The summed E-state index contributed by atoms with van der Waals surface area (Å²) >= 11 is 1.59. The number of methoxy groups -OCH3 is 2. The Bertz CT molecular complexity index is 398. The first-order valence-corrected chi connectivity index (χ1v) is 8.32. The van der Waals surface area contributed by atoms with Crippen molar-refractivity contribution < 1.29 is 14.6 Å². The van der Waals surface area contributed by atoms with E-state index in [4.69, 9.17) is 14.5 Å². The number of hydrogen-bond donors (Lipinski definition) is 1. The lowest BCUT2D eigenvalue weighted by Gasteiger charge is -2.21. The number of aromatic nitrogens is 1. The molecule has 1 N–H and O–H groups in total. The second-order valence-electron chi connectivity index (χ2n) is 5.10. The van der Waals surface area contributed by atoms with Gasteiger partial charge in [-0.1, -0.05) is 25.2 Å². The van der Waals surface area contributed by atoms with Gasteiger partial charge < -0.3 is 19.5 Å². The predicted molar refractivity (Wildman–Crippen MR) is 87.3 cm³/mol. The van der Waals surface area contributed by atoms with Crippen LogP contribution in [0, 0.1) is 0 Å². The van der Waals surface area contributed by atoms with Crippen LogP contribution in [0.3, 0.4) is 0 Å². The van der Waals surface area contributed by atoms with Crippen LogP contribution in [0.4, 0.5) is 5.13 Å². The summed E-state index contributed by atoms with van der Waals surface area (Å²) in [7, 11) is 3.42. The second-order valence-corrected chi connectivity index (χ2v) is 6.16. The van der Waals surface area contributed by atoms with E-state index in [1.54, 1.807) is 25.6 Å². The monoisotopic (exact) mass is 316 g/mol. The quantitative estimate of drug-likeness (QED) is 0.636. The van der Waals surface area contributed by atoms with Gasteiger partial charge in [-0.3, -0.25) is 0 Å². The van der Waals surface area contributed by atoms with Crippen molar-refractivity contribution in [1.29, 1.82) is 0 Å². The van der Waals surface area contributed by atoms with Gasteiger partial charge in [-0.2, -0.15) is 0 Å². The van der Waals surface area contributed by atoms with Crippen LogP contribution >= 0.6 is 11.3 Å². The number of anilines is 1. The van der Waals surface area contributed by atoms with E-state index >= 15 is 0 Å². The van der Waals surface area contributed by atoms with Crippen molar-refractivity contribution >= 4 is 16.5 Å². The van der Waals surface area contributed by atoms with Crippen LogP contribution in [0.25, 0.3) is 0 Å². The summed E-state index contributed by atoms with van der Waals surface area (Å²) in [6, 6.07) is 0. The molecule has 0 saturated carbocycles. The zero-order chi connectivity index (χ0) is 15.7. The molecule has 1 aromatic rings. The zero-order valence-electron chi connectivity index (χ0n) is 13.6. The van der Waals surface area contributed by atoms with E-state index in [1.165, 1.54) is 0 Å². The maximum Gasteiger partial charge on any atom is 0.185 e. The van der Waals surface area contributed by atoms with Crippen LogP contribution in [0.2, 0.25) is 0 Å². The summed E-state index contributed by atoms with van der Waals surface area (Å²) < 4.78 is 10.3. The molecule has 1 heterocycles. The molecular formula is C15H28N2O3S. The maximum absolute atomic E-state index is 9.56. The van der Waals surface area contributed by atoms with Gasteiger partial charge in [0.05, 0.1) is 23.8 Å². The molecule has 0 aliphatic carbocycles. The lowest BCUT2D eigenvalue weighted by molar-refractivity contribution is 0.191. The minimum absolute atomic E-state index is 0.0630. The molecule has 0 aliphatic rings. The Balaban J connectivity index is 2.86. The maximum atomic E-state index is 9.56. The first kappa shape index (κ1) is 18.4. The van der Waals surface area contributed by atoms with E-state index in [0.29, 0.717) is 12.5 Å². The van der Waals surface area contributed by atoms with Gasteiger partial charge in [0.25, 0.3) is 0 Å². The molecule has 0 radical (unpaired) electrons. The Labute approximate surface area is 131 Å². The van der Waals surface area contributed by atoms with Gasteiger partial charge in [0.15, 0.2) is 5.13 Å². The van der Waals surface area contributed by atoms with Gasteiger partial charge in [0, 0.05) is 33.9 Å². The lowest BCUT2D eigenvalue weighted by atomic mass is 10.0. The van der Waals surface area contributed by atoms with Crippen LogP contribution in [0.1, 0.15) is 43.2 Å². The average molecular weight is 316 g/mol. The molecule has 0 bridgehead atoms. The fourth-order valence-electron chi connectivity index (χ4n) is 2.08. The minimum atomic E-state index is 0.0630. The zero-order valence-corrected chi connectivity index (χ0v) is 14.4. The third-order valence-corrected chi connectivity index (χ3v) is 4.67. The van der Waals surface area contributed by atoms with Gasteiger partial charge in [-0.25, -0.2) is 4.98 Å². The Morgan fingerprint density at radius 3 is 2.52 bits per heavy atom. The molecule has 0 aromatic carbocycles. The first-order chi connectivity index (χ1) is 10.2. The average Bonchev–Trinajstić information content (AvgIpc) is 2.94. The standard InChI is InChI=1S/C15H28N2O3S/c1-5-12(2)14-13(11-18)21-15(16-14)17(8-10-20-4)7-6-9-19-3/h12,18H,5-11H2,1-4H3. The molecule has 0 saturated heterocycles. The predicted octanol–water partition coefficient (Wildman–Crippen LogP) is 2.64. The third-order valence-electron chi connectivity index (χ3n) is 3.55. The van der Waals surface area contributed by atoms with Gasteiger partial charge in [0.1, 0.15) is 0 Å². The summed E-state index contributed by atoms with van der Waals surface area (Å²) in [6.45, 7) is 7.45. The normalized spacial score (nSPS) is 12.6. The van der Waals surface area contributed by atoms with E-state index in [-0.39, 0.29) is 6.61 Å². The molecule has 21 heavy (non-hydrogen) atoms. The summed E-state index contributed by atoms with van der Waals surface area (Å²) in [6.07, 6.45) is 1.98. The molecule has 0 spiro atoms. The Morgan fingerprint density at radius 2 is 1.95 bits per heavy atom. The van der Waals surface area contributed by atoms with Gasteiger partial charge in [-0.05, 0) is 18.8 Å². The van der Waals surface area contributed by atoms with Crippen molar-refractivity contribution in [3.63, 3.8) is 0 Å². The lowest BCUT2D eigenvalue weighted by Crippen LogP contribution is -2.29. The molecule has 122 valence electrons. The van der Waals surface area contributed by atoms with Crippen molar-refractivity contribution in [2.45, 2.75) is 39.2 Å². The van der Waals surface area contributed by atoms with Crippen molar-refractivity contribution in [1.82, 2.24) is 4.98 Å². The number of ether oxygens (including phenoxy) is 2. The van der Waals surface area contributed by atoms with Crippen LogP contribution in [-0.2, 0) is 16.1 Å². The van der Waals surface area contributed by atoms with Crippen molar-refractivity contribution in [3.05, 3.63) is 10.6 Å². The van der Waals surface area contributed by atoms with Crippen LogP contribution in [0.15, 0.2) is 0 Å². The number of aliphatic hydroxyl groups excluding tert-OH is 1.